The third-order valence-corrected chi connectivity index (χ3v) is 2.57. The van der Waals surface area contributed by atoms with E-state index in [1.54, 1.807) is 6.92 Å². The molecule has 0 aliphatic rings. The SMILES string of the molecule is CC(=O)CCn1ccsc1=S. The lowest BCUT2D eigenvalue weighted by atomic mass is 10.3. The van der Waals surface area contributed by atoms with Crippen LogP contribution in [0.3, 0.4) is 0 Å². The second-order valence-corrected chi connectivity index (χ2v) is 3.85. The van der Waals surface area contributed by atoms with Gasteiger partial charge in [0.05, 0.1) is 0 Å². The zero-order valence-electron chi connectivity index (χ0n) is 6.24. The molecule has 0 bridgehead atoms. The number of hydrogen-bond acceptors (Lipinski definition) is 3. The molecule has 1 aromatic rings. The summed E-state index contributed by atoms with van der Waals surface area (Å²) in [7, 11) is 0. The highest BCUT2D eigenvalue weighted by Gasteiger charge is 1.95. The maximum absolute atomic E-state index is 10.6. The summed E-state index contributed by atoms with van der Waals surface area (Å²) in [6.07, 6.45) is 2.49. The Morgan fingerprint density at radius 3 is 3.00 bits per heavy atom. The van der Waals surface area contributed by atoms with Gasteiger partial charge in [0.15, 0.2) is 3.95 Å². The van der Waals surface area contributed by atoms with Gasteiger partial charge in [0.1, 0.15) is 5.78 Å². The van der Waals surface area contributed by atoms with Gasteiger partial charge in [-0.25, -0.2) is 0 Å². The van der Waals surface area contributed by atoms with Crippen molar-refractivity contribution in [2.75, 3.05) is 0 Å². The van der Waals surface area contributed by atoms with Gasteiger partial charge in [-0.15, -0.1) is 11.3 Å². The third-order valence-electron chi connectivity index (χ3n) is 1.35. The maximum Gasteiger partial charge on any atom is 0.161 e. The first kappa shape index (κ1) is 8.62. The molecule has 0 aliphatic carbocycles. The summed E-state index contributed by atoms with van der Waals surface area (Å²) in [5.41, 5.74) is 0. The number of rotatable bonds is 3. The van der Waals surface area contributed by atoms with Gasteiger partial charge >= 0.3 is 0 Å². The van der Waals surface area contributed by atoms with Crippen LogP contribution < -0.4 is 0 Å². The predicted octanol–water partition coefficient (Wildman–Crippen LogP) is 2.26. The van der Waals surface area contributed by atoms with E-state index in [4.69, 9.17) is 12.2 Å². The maximum atomic E-state index is 10.6. The Morgan fingerprint density at radius 1 is 1.82 bits per heavy atom. The zero-order chi connectivity index (χ0) is 8.27. The van der Waals surface area contributed by atoms with Crippen LogP contribution in [-0.2, 0) is 11.3 Å². The van der Waals surface area contributed by atoms with Gasteiger partial charge in [-0.2, -0.15) is 0 Å². The molecule has 0 spiro atoms. The van der Waals surface area contributed by atoms with Crippen molar-refractivity contribution in [1.29, 1.82) is 0 Å². The molecular weight excluding hydrogens is 178 g/mol. The molecule has 0 saturated heterocycles. The van der Waals surface area contributed by atoms with Crippen LogP contribution in [0.5, 0.6) is 0 Å². The van der Waals surface area contributed by atoms with E-state index in [2.05, 4.69) is 0 Å². The molecule has 0 N–H and O–H groups in total. The highest BCUT2D eigenvalue weighted by molar-refractivity contribution is 7.73. The molecule has 0 radical (unpaired) electrons. The summed E-state index contributed by atoms with van der Waals surface area (Å²) in [5.74, 6) is 0.207. The standard InChI is InChI=1S/C7H9NOS2/c1-6(9)2-3-8-4-5-11-7(8)10/h4-5H,2-3H2,1H3. The van der Waals surface area contributed by atoms with Crippen molar-refractivity contribution in [3.8, 4) is 0 Å². The van der Waals surface area contributed by atoms with Gasteiger partial charge < -0.3 is 4.57 Å². The van der Waals surface area contributed by atoms with Crippen LogP contribution in [0.1, 0.15) is 13.3 Å². The van der Waals surface area contributed by atoms with Crippen LogP contribution in [0.2, 0.25) is 0 Å². The molecule has 0 amide bonds. The van der Waals surface area contributed by atoms with E-state index in [0.717, 1.165) is 10.5 Å². The van der Waals surface area contributed by atoms with Gasteiger partial charge in [-0.3, -0.25) is 4.79 Å². The number of aryl methyl sites for hydroxylation is 1. The second kappa shape index (κ2) is 3.78. The molecule has 1 rings (SSSR count). The minimum atomic E-state index is 0.207. The number of hydrogen-bond donors (Lipinski definition) is 0. The lowest BCUT2D eigenvalue weighted by Gasteiger charge is -1.97. The Labute approximate surface area is 74.5 Å². The largest absolute Gasteiger partial charge is 0.330 e. The highest BCUT2D eigenvalue weighted by atomic mass is 32.1. The zero-order valence-corrected chi connectivity index (χ0v) is 7.87. The molecule has 0 aromatic carbocycles. The number of aromatic nitrogens is 1. The molecule has 4 heteroatoms. The Hall–Kier alpha value is -0.480. The van der Waals surface area contributed by atoms with Crippen molar-refractivity contribution in [3.63, 3.8) is 0 Å². The Bertz CT molecular complexity index is 299. The van der Waals surface area contributed by atoms with E-state index in [-0.39, 0.29) is 5.78 Å². The van der Waals surface area contributed by atoms with E-state index in [1.807, 2.05) is 16.1 Å². The molecule has 11 heavy (non-hydrogen) atoms. The van der Waals surface area contributed by atoms with E-state index in [0.29, 0.717) is 6.42 Å². The minimum Gasteiger partial charge on any atom is -0.330 e. The molecule has 1 heterocycles. The Kier molecular flexibility index (Phi) is 2.96. The topological polar surface area (TPSA) is 22.0 Å². The van der Waals surface area contributed by atoms with Gasteiger partial charge in [0.25, 0.3) is 0 Å². The lowest BCUT2D eigenvalue weighted by molar-refractivity contribution is -0.117. The van der Waals surface area contributed by atoms with E-state index < -0.39 is 0 Å². The number of thiazole rings is 1. The monoisotopic (exact) mass is 187 g/mol. The summed E-state index contributed by atoms with van der Waals surface area (Å²) in [4.78, 5) is 10.6. The fraction of sp³-hybridized carbons (Fsp3) is 0.429. The van der Waals surface area contributed by atoms with Crippen molar-refractivity contribution in [2.24, 2.45) is 0 Å². The van der Waals surface area contributed by atoms with Crippen LogP contribution in [0.25, 0.3) is 0 Å². The molecule has 0 fully saturated rings. The highest BCUT2D eigenvalue weighted by Crippen LogP contribution is 2.03. The van der Waals surface area contributed by atoms with E-state index >= 15 is 0 Å². The van der Waals surface area contributed by atoms with Crippen molar-refractivity contribution >= 4 is 29.3 Å². The van der Waals surface area contributed by atoms with Crippen molar-refractivity contribution in [1.82, 2.24) is 4.57 Å². The summed E-state index contributed by atoms with van der Waals surface area (Å²) in [5, 5.41) is 1.93. The lowest BCUT2D eigenvalue weighted by Crippen LogP contribution is -2.00. The first-order valence-corrected chi connectivity index (χ1v) is 4.62. The first-order valence-electron chi connectivity index (χ1n) is 3.33. The van der Waals surface area contributed by atoms with Crippen LogP contribution in [0.15, 0.2) is 11.6 Å². The van der Waals surface area contributed by atoms with Gasteiger partial charge in [-0.1, -0.05) is 0 Å². The quantitative estimate of drug-likeness (QED) is 0.677. The number of Topliss-reactive ketones (excluding diaryl/α,β-unsaturated/α-hetero) is 1. The minimum absolute atomic E-state index is 0.207. The summed E-state index contributed by atoms with van der Waals surface area (Å²) in [6.45, 7) is 2.31. The van der Waals surface area contributed by atoms with Crippen LogP contribution in [-0.4, -0.2) is 10.4 Å². The molecule has 0 atom stereocenters. The summed E-state index contributed by atoms with van der Waals surface area (Å²) in [6, 6.07) is 0. The van der Waals surface area contributed by atoms with Gasteiger partial charge in [0.2, 0.25) is 0 Å². The first-order chi connectivity index (χ1) is 5.20. The normalized spacial score (nSPS) is 9.91. The summed E-state index contributed by atoms with van der Waals surface area (Å²) < 4.78 is 2.76. The molecule has 0 aliphatic heterocycles. The Balaban J connectivity index is 2.58. The molecular formula is C7H9NOS2. The molecule has 0 unspecified atom stereocenters. The number of carbonyl (C=O) groups is 1. The van der Waals surface area contributed by atoms with Crippen molar-refractivity contribution in [2.45, 2.75) is 19.9 Å². The van der Waals surface area contributed by atoms with E-state index in [9.17, 15) is 4.79 Å². The fourth-order valence-electron chi connectivity index (χ4n) is 0.734. The van der Waals surface area contributed by atoms with Crippen LogP contribution in [0.4, 0.5) is 0 Å². The van der Waals surface area contributed by atoms with Crippen LogP contribution >= 0.6 is 23.6 Å². The fourth-order valence-corrected chi connectivity index (χ4v) is 1.66. The molecule has 0 saturated carbocycles. The molecule has 60 valence electrons. The summed E-state index contributed by atoms with van der Waals surface area (Å²) >= 11 is 6.53. The van der Waals surface area contributed by atoms with Crippen LogP contribution in [0, 0.1) is 3.95 Å². The van der Waals surface area contributed by atoms with Gasteiger partial charge in [-0.05, 0) is 19.1 Å². The average molecular weight is 187 g/mol. The number of carbonyl (C=O) groups excluding carboxylic acids is 1. The number of nitrogens with zero attached hydrogens (tertiary/aromatic N) is 1. The van der Waals surface area contributed by atoms with Crippen molar-refractivity contribution in [3.05, 3.63) is 15.5 Å². The Morgan fingerprint density at radius 2 is 2.55 bits per heavy atom. The van der Waals surface area contributed by atoms with Crippen molar-refractivity contribution < 1.29 is 4.79 Å². The molecule has 2 nitrogen and oxygen atoms in total. The smallest absolute Gasteiger partial charge is 0.161 e. The third kappa shape index (κ3) is 2.55. The molecule has 1 aromatic heterocycles. The average Bonchev–Trinajstić information content (AvgIpc) is 2.31. The number of ketones is 1. The predicted molar refractivity (Wildman–Crippen MR) is 48.4 cm³/mol. The van der Waals surface area contributed by atoms with E-state index in [1.165, 1.54) is 11.3 Å². The van der Waals surface area contributed by atoms with Gasteiger partial charge in [0, 0.05) is 24.5 Å². The second-order valence-electron chi connectivity index (χ2n) is 2.31.